The molecule has 1 aliphatic heterocycles. The van der Waals surface area contributed by atoms with Gasteiger partial charge in [-0.1, -0.05) is 12.1 Å². The molecule has 1 aromatic carbocycles. The van der Waals surface area contributed by atoms with Crippen molar-refractivity contribution in [3.8, 4) is 0 Å². The van der Waals surface area contributed by atoms with E-state index in [4.69, 9.17) is 20.2 Å². The minimum Gasteiger partial charge on any atom is -0.828 e. The number of hydrogen-bond donors (Lipinski definition) is 1. The third kappa shape index (κ3) is 6.36. The van der Waals surface area contributed by atoms with Crippen molar-refractivity contribution in [1.29, 1.82) is 5.39 Å². The van der Waals surface area contributed by atoms with Crippen molar-refractivity contribution in [2.45, 2.75) is 0 Å². The molecule has 0 bridgehead atoms. The lowest BCUT2D eigenvalue weighted by Crippen LogP contribution is -2.36. The molecule has 2 rings (SSSR count). The van der Waals surface area contributed by atoms with Crippen molar-refractivity contribution >= 4 is 31.2 Å². The van der Waals surface area contributed by atoms with Crippen molar-refractivity contribution in [2.24, 2.45) is 0 Å². The van der Waals surface area contributed by atoms with Gasteiger partial charge < -0.3 is 24.0 Å². The highest BCUT2D eigenvalue weighted by atomic mass is 35.5. The van der Waals surface area contributed by atoms with Crippen LogP contribution in [0.4, 0.5) is 15.7 Å². The zero-order valence-electron chi connectivity index (χ0n) is 10.1. The highest BCUT2D eigenvalue weighted by molar-refractivity contribution is 6.29. The van der Waals surface area contributed by atoms with E-state index in [2.05, 4.69) is 9.88 Å². The van der Waals surface area contributed by atoms with Gasteiger partial charge in [0, 0.05) is 19.2 Å². The van der Waals surface area contributed by atoms with Crippen LogP contribution in [0.3, 0.4) is 0 Å². The van der Waals surface area contributed by atoms with Crippen LogP contribution in [-0.2, 0) is 4.74 Å². The molecule has 104 valence electrons. The number of halogens is 2. The molecular weight excluding hydrogens is 275 g/mol. The maximum absolute atomic E-state index is 10.0. The summed E-state index contributed by atoms with van der Waals surface area (Å²) in [7, 11) is -2.92. The number of benzene rings is 1. The molecule has 9 heteroatoms. The fourth-order valence-corrected chi connectivity index (χ4v) is 1.62. The monoisotopic (exact) mass is 289 g/mol. The fourth-order valence-electron chi connectivity index (χ4n) is 1.62. The normalized spacial score (nSPS) is 13.5. The third-order valence-corrected chi connectivity index (χ3v) is 2.34. The molecule has 0 aliphatic carbocycles. The number of anilines is 1. The average molecular weight is 290 g/mol. The van der Waals surface area contributed by atoms with E-state index in [0.29, 0.717) is 5.69 Å². The van der Waals surface area contributed by atoms with Crippen molar-refractivity contribution in [3.63, 3.8) is 0 Å². The molecule has 6 nitrogen and oxygen atoms in total. The first-order chi connectivity index (χ1) is 8.65. The Morgan fingerprint density at radius 2 is 1.89 bits per heavy atom. The first-order valence-corrected chi connectivity index (χ1v) is 5.40. The first kappa shape index (κ1) is 17.6. The topological polar surface area (TPSA) is 83.9 Å². The average Bonchev–Trinajstić information content (AvgIpc) is 2.39. The van der Waals surface area contributed by atoms with Crippen LogP contribution in [0, 0.1) is 5.39 Å². The van der Waals surface area contributed by atoms with Gasteiger partial charge in [0.25, 0.3) is 0 Å². The van der Waals surface area contributed by atoms with Gasteiger partial charge in [0.1, 0.15) is 5.69 Å². The third-order valence-electron chi connectivity index (χ3n) is 2.34. The predicted octanol–water partition coefficient (Wildman–Crippen LogP) is 0.723. The summed E-state index contributed by atoms with van der Waals surface area (Å²) in [4.78, 5) is 5.43. The molecule has 0 unspecified atom stereocenters. The van der Waals surface area contributed by atoms with E-state index in [9.17, 15) is 4.32 Å². The first-order valence-electron chi connectivity index (χ1n) is 5.40. The molecule has 1 heterocycles. The quantitative estimate of drug-likeness (QED) is 0.608. The van der Waals surface area contributed by atoms with E-state index >= 15 is 0 Å². The number of morpholine rings is 1. The Balaban J connectivity index is 0.000000576. The van der Waals surface area contributed by atoms with Crippen LogP contribution < -0.4 is 9.92 Å². The van der Waals surface area contributed by atoms with Crippen LogP contribution in [0.5, 0.6) is 0 Å². The lowest BCUT2D eigenvalue weighted by atomic mass is 10.2. The van der Waals surface area contributed by atoms with Crippen LogP contribution >= 0.6 is 12.4 Å². The summed E-state index contributed by atoms with van der Waals surface area (Å²) >= 11 is 0. The van der Waals surface area contributed by atoms with Gasteiger partial charge >= 0.3 is 13.1 Å². The molecular formula is C10H14BClFN3O3. The van der Waals surface area contributed by atoms with Crippen LogP contribution in [0.15, 0.2) is 24.3 Å². The molecule has 0 atom stereocenters. The summed E-state index contributed by atoms with van der Waals surface area (Å²) in [6, 6.07) is 7.56. The van der Waals surface area contributed by atoms with E-state index in [0.717, 1.165) is 32.0 Å². The number of para-hydroxylation sites is 1. The van der Waals surface area contributed by atoms with E-state index in [-0.39, 0.29) is 12.4 Å². The van der Waals surface area contributed by atoms with Crippen molar-refractivity contribution < 1.29 is 19.1 Å². The van der Waals surface area contributed by atoms with Gasteiger partial charge in [-0.25, -0.2) is 0 Å². The van der Waals surface area contributed by atoms with Gasteiger partial charge in [-0.2, -0.15) is 0 Å². The molecule has 19 heavy (non-hydrogen) atoms. The Labute approximate surface area is 117 Å². The minimum absolute atomic E-state index is 0. The fraction of sp³-hybridized carbons (Fsp3) is 0.400. The van der Waals surface area contributed by atoms with E-state index in [1.165, 1.54) is 0 Å². The van der Waals surface area contributed by atoms with E-state index in [1.807, 2.05) is 18.2 Å². The zero-order valence-corrected chi connectivity index (χ0v) is 10.9. The molecule has 1 N–H and O–H groups in total. The minimum atomic E-state index is -2.92. The Morgan fingerprint density at radius 3 is 2.42 bits per heavy atom. The molecule has 0 radical (unpaired) electrons. The predicted molar refractivity (Wildman–Crippen MR) is 70.5 cm³/mol. The van der Waals surface area contributed by atoms with Gasteiger partial charge in [0.2, 0.25) is 5.39 Å². The molecule has 0 amide bonds. The summed E-state index contributed by atoms with van der Waals surface area (Å²) in [6.07, 6.45) is 0. The smallest absolute Gasteiger partial charge is 0.408 e. The highest BCUT2D eigenvalue weighted by Crippen LogP contribution is 2.28. The molecule has 1 saturated heterocycles. The lowest BCUT2D eigenvalue weighted by Gasteiger charge is -2.27. The molecule has 0 saturated carbocycles. The molecule has 0 spiro atoms. The van der Waals surface area contributed by atoms with Gasteiger partial charge in [-0.15, -0.1) is 12.4 Å². The second-order valence-electron chi connectivity index (χ2n) is 3.48. The Kier molecular flexibility index (Phi) is 8.82. The summed E-state index contributed by atoms with van der Waals surface area (Å²) in [5, 5.41) is 24.1. The zero-order chi connectivity index (χ0) is 13.4. The number of diazo groups is 1. The lowest BCUT2D eigenvalue weighted by molar-refractivity contribution is -0.232. The summed E-state index contributed by atoms with van der Waals surface area (Å²) in [6.45, 7) is 3.18. The van der Waals surface area contributed by atoms with Crippen molar-refractivity contribution in [3.05, 3.63) is 29.2 Å². The largest absolute Gasteiger partial charge is 0.828 e. The van der Waals surface area contributed by atoms with Crippen LogP contribution in [0.2, 0.25) is 0 Å². The standard InChI is InChI=1S/C10H12N3O.BFHO2.ClH/c11-12-9-3-1-2-4-10(9)13-5-7-14-8-6-13;2-1(3)4;/h1-4H,5-8H2;3H;1H/q+1;-1;. The number of hydrogen-bond acceptors (Lipinski definition) is 5. The van der Waals surface area contributed by atoms with Gasteiger partial charge in [0.15, 0.2) is 4.98 Å². The van der Waals surface area contributed by atoms with Crippen LogP contribution in [0.25, 0.3) is 4.98 Å². The second-order valence-corrected chi connectivity index (χ2v) is 3.48. The number of ether oxygens (including phenoxy) is 1. The summed E-state index contributed by atoms with van der Waals surface area (Å²) in [5.74, 6) is 0. The molecule has 1 aromatic rings. The Hall–Kier alpha value is -1.40. The highest BCUT2D eigenvalue weighted by Gasteiger charge is 2.20. The second kappa shape index (κ2) is 9.52. The van der Waals surface area contributed by atoms with Gasteiger partial charge in [-0.05, 0) is 6.07 Å². The molecule has 1 aliphatic rings. The van der Waals surface area contributed by atoms with Crippen LogP contribution in [-0.4, -0.2) is 38.7 Å². The SMILES string of the molecule is Cl.N#[N+]c1ccccc1N1CCOCC1.[O-]B(O)F. The van der Waals surface area contributed by atoms with Gasteiger partial charge in [0.05, 0.1) is 13.2 Å². The number of nitrogens with zero attached hydrogens (tertiary/aromatic N) is 3. The summed E-state index contributed by atoms with van der Waals surface area (Å²) < 4.78 is 15.3. The maximum atomic E-state index is 10.0. The maximum Gasteiger partial charge on any atom is 0.408 e. The Bertz CT molecular complexity index is 410. The summed E-state index contributed by atoms with van der Waals surface area (Å²) in [5.41, 5.74) is 1.59. The number of rotatable bonds is 1. The Morgan fingerprint density at radius 1 is 1.37 bits per heavy atom. The van der Waals surface area contributed by atoms with Crippen molar-refractivity contribution in [2.75, 3.05) is 31.2 Å². The molecule has 0 aromatic heterocycles. The van der Waals surface area contributed by atoms with Crippen LogP contribution in [0.1, 0.15) is 0 Å². The van der Waals surface area contributed by atoms with E-state index in [1.54, 1.807) is 6.07 Å². The van der Waals surface area contributed by atoms with Gasteiger partial charge in [-0.3, -0.25) is 0 Å². The van der Waals surface area contributed by atoms with Crippen molar-refractivity contribution in [1.82, 2.24) is 0 Å². The molecule has 1 fully saturated rings. The van der Waals surface area contributed by atoms with E-state index < -0.39 is 7.40 Å².